The van der Waals surface area contributed by atoms with Gasteiger partial charge in [-0.1, -0.05) is 0 Å². The van der Waals surface area contributed by atoms with E-state index in [4.69, 9.17) is 4.42 Å². The maximum Gasteiger partial charge on any atom is 0.226 e. The average Bonchev–Trinajstić information content (AvgIpc) is 3.19. The summed E-state index contributed by atoms with van der Waals surface area (Å²) in [6, 6.07) is 3.61. The molecule has 0 fully saturated rings. The molecule has 0 aliphatic carbocycles. The van der Waals surface area contributed by atoms with Crippen LogP contribution in [0.15, 0.2) is 28.2 Å². The summed E-state index contributed by atoms with van der Waals surface area (Å²) in [4.78, 5) is 29.8. The van der Waals surface area contributed by atoms with Crippen molar-refractivity contribution in [1.82, 2.24) is 9.88 Å². The van der Waals surface area contributed by atoms with Crippen LogP contribution < -0.4 is 5.32 Å². The molecule has 0 spiro atoms. The van der Waals surface area contributed by atoms with E-state index < -0.39 is 0 Å². The minimum atomic E-state index is -0.127. The van der Waals surface area contributed by atoms with Crippen LogP contribution in [0.25, 0.3) is 11.5 Å². The van der Waals surface area contributed by atoms with Crippen molar-refractivity contribution in [3.8, 4) is 11.5 Å². The van der Waals surface area contributed by atoms with Crippen LogP contribution in [0, 0.1) is 0 Å². The Morgan fingerprint density at radius 1 is 1.30 bits per heavy atom. The van der Waals surface area contributed by atoms with E-state index in [9.17, 15) is 9.59 Å². The molecular formula is C16H21N3O3S. The number of carbonyl (C=O) groups is 2. The molecule has 2 amide bonds. The van der Waals surface area contributed by atoms with Crippen molar-refractivity contribution in [3.63, 3.8) is 0 Å². The molecule has 0 unspecified atom stereocenters. The lowest BCUT2D eigenvalue weighted by atomic mass is 10.2. The lowest BCUT2D eigenvalue weighted by molar-refractivity contribution is -0.130. The predicted molar refractivity (Wildman–Crippen MR) is 90.2 cm³/mol. The predicted octanol–water partition coefficient (Wildman–Crippen LogP) is 3.38. The fourth-order valence-corrected chi connectivity index (χ4v) is 2.90. The van der Waals surface area contributed by atoms with Crippen LogP contribution in [0.1, 0.15) is 33.1 Å². The van der Waals surface area contributed by atoms with Gasteiger partial charge in [0.1, 0.15) is 5.69 Å². The van der Waals surface area contributed by atoms with Gasteiger partial charge in [-0.3, -0.25) is 9.59 Å². The van der Waals surface area contributed by atoms with Gasteiger partial charge >= 0.3 is 0 Å². The summed E-state index contributed by atoms with van der Waals surface area (Å²) in [5.41, 5.74) is 0.701. The molecule has 0 aromatic carbocycles. The molecule has 6 nitrogen and oxygen atoms in total. The molecule has 7 heteroatoms. The summed E-state index contributed by atoms with van der Waals surface area (Å²) in [7, 11) is 0. The van der Waals surface area contributed by atoms with E-state index in [1.165, 1.54) is 11.3 Å². The van der Waals surface area contributed by atoms with Crippen LogP contribution in [-0.2, 0) is 9.59 Å². The van der Waals surface area contributed by atoms with E-state index in [0.29, 0.717) is 48.9 Å². The SMILES string of the molecule is CCN(CC)C(=O)CCCC(=O)Nc1nc(-c2ccco2)cs1. The maximum atomic E-state index is 11.9. The lowest BCUT2D eigenvalue weighted by Crippen LogP contribution is -2.30. The Hall–Kier alpha value is -2.15. The van der Waals surface area contributed by atoms with Crippen molar-refractivity contribution in [2.75, 3.05) is 18.4 Å². The van der Waals surface area contributed by atoms with Crippen molar-refractivity contribution in [2.24, 2.45) is 0 Å². The van der Waals surface area contributed by atoms with Crippen LogP contribution in [0.2, 0.25) is 0 Å². The second-order valence-corrected chi connectivity index (χ2v) is 5.84. The number of aromatic nitrogens is 1. The molecule has 0 saturated heterocycles. The van der Waals surface area contributed by atoms with Gasteiger partial charge in [0.25, 0.3) is 0 Å². The number of furan rings is 1. The monoisotopic (exact) mass is 335 g/mol. The summed E-state index contributed by atoms with van der Waals surface area (Å²) in [5, 5.41) is 5.13. The van der Waals surface area contributed by atoms with Crippen LogP contribution in [0.3, 0.4) is 0 Å². The van der Waals surface area contributed by atoms with Gasteiger partial charge < -0.3 is 14.6 Å². The fourth-order valence-electron chi connectivity index (χ4n) is 2.18. The van der Waals surface area contributed by atoms with Crippen molar-refractivity contribution in [2.45, 2.75) is 33.1 Å². The number of carbonyl (C=O) groups excluding carboxylic acids is 2. The quantitative estimate of drug-likeness (QED) is 0.802. The van der Waals surface area contributed by atoms with Crippen molar-refractivity contribution in [1.29, 1.82) is 0 Å². The first-order valence-electron chi connectivity index (χ1n) is 7.71. The highest BCUT2D eigenvalue weighted by Crippen LogP contribution is 2.25. The number of nitrogens with one attached hydrogen (secondary N) is 1. The standard InChI is InChI=1S/C16H21N3O3S/c1-3-19(4-2)15(21)9-5-8-14(20)18-16-17-12(11-23-16)13-7-6-10-22-13/h6-7,10-11H,3-5,8-9H2,1-2H3,(H,17,18,20). The van der Waals surface area contributed by atoms with Crippen molar-refractivity contribution < 1.29 is 14.0 Å². The normalized spacial score (nSPS) is 10.5. The molecule has 0 saturated carbocycles. The molecule has 0 atom stereocenters. The lowest BCUT2D eigenvalue weighted by Gasteiger charge is -2.18. The minimum Gasteiger partial charge on any atom is -0.463 e. The third kappa shape index (κ3) is 4.92. The third-order valence-electron chi connectivity index (χ3n) is 3.43. The Bertz CT molecular complexity index is 633. The second-order valence-electron chi connectivity index (χ2n) is 4.98. The first-order chi connectivity index (χ1) is 11.1. The Labute approximate surface area is 139 Å². The van der Waals surface area contributed by atoms with Gasteiger partial charge in [0.15, 0.2) is 10.9 Å². The number of anilines is 1. The van der Waals surface area contributed by atoms with Gasteiger partial charge in [0, 0.05) is 31.3 Å². The smallest absolute Gasteiger partial charge is 0.226 e. The molecule has 124 valence electrons. The average molecular weight is 335 g/mol. The van der Waals surface area contributed by atoms with Crippen molar-refractivity contribution >= 4 is 28.3 Å². The number of nitrogens with zero attached hydrogens (tertiary/aromatic N) is 2. The van der Waals surface area contributed by atoms with E-state index in [1.807, 2.05) is 25.3 Å². The molecular weight excluding hydrogens is 314 g/mol. The topological polar surface area (TPSA) is 75.4 Å². The van der Waals surface area contributed by atoms with Crippen LogP contribution in [-0.4, -0.2) is 34.8 Å². The third-order valence-corrected chi connectivity index (χ3v) is 4.19. The van der Waals surface area contributed by atoms with Crippen LogP contribution in [0.5, 0.6) is 0 Å². The molecule has 23 heavy (non-hydrogen) atoms. The van der Waals surface area contributed by atoms with E-state index in [1.54, 1.807) is 17.2 Å². The molecule has 2 heterocycles. The molecule has 0 aliphatic heterocycles. The Kier molecular flexibility index (Phi) is 6.34. The maximum absolute atomic E-state index is 11.9. The van der Waals surface area contributed by atoms with Gasteiger partial charge in [-0.05, 0) is 32.4 Å². The molecule has 2 rings (SSSR count). The molecule has 2 aromatic rings. The van der Waals surface area contributed by atoms with Gasteiger partial charge in [-0.25, -0.2) is 4.98 Å². The van der Waals surface area contributed by atoms with E-state index in [0.717, 1.165) is 0 Å². The zero-order valence-corrected chi connectivity index (χ0v) is 14.2. The molecule has 2 aromatic heterocycles. The summed E-state index contributed by atoms with van der Waals surface area (Å²) in [6.45, 7) is 5.31. The van der Waals surface area contributed by atoms with Crippen LogP contribution in [0.4, 0.5) is 5.13 Å². The Morgan fingerprint density at radius 2 is 2.09 bits per heavy atom. The van der Waals surface area contributed by atoms with Gasteiger partial charge in [-0.15, -0.1) is 11.3 Å². The number of rotatable bonds is 8. The number of thiazole rings is 1. The summed E-state index contributed by atoms with van der Waals surface area (Å²) >= 11 is 1.35. The summed E-state index contributed by atoms with van der Waals surface area (Å²) < 4.78 is 5.26. The van der Waals surface area contributed by atoms with Crippen LogP contribution >= 0.6 is 11.3 Å². The number of amides is 2. The first-order valence-corrected chi connectivity index (χ1v) is 8.59. The first kappa shape index (κ1) is 17.2. The van der Waals surface area contributed by atoms with Gasteiger partial charge in [0.2, 0.25) is 11.8 Å². The largest absolute Gasteiger partial charge is 0.463 e. The molecule has 0 aliphatic rings. The molecule has 0 radical (unpaired) electrons. The number of hydrogen-bond acceptors (Lipinski definition) is 5. The highest BCUT2D eigenvalue weighted by molar-refractivity contribution is 7.14. The summed E-state index contributed by atoms with van der Waals surface area (Å²) in [5.74, 6) is 0.640. The van der Waals surface area contributed by atoms with Gasteiger partial charge in [0.05, 0.1) is 6.26 Å². The van der Waals surface area contributed by atoms with Crippen molar-refractivity contribution in [3.05, 3.63) is 23.8 Å². The zero-order valence-electron chi connectivity index (χ0n) is 13.4. The van der Waals surface area contributed by atoms with E-state index >= 15 is 0 Å². The highest BCUT2D eigenvalue weighted by Gasteiger charge is 2.12. The second kappa shape index (κ2) is 8.47. The van der Waals surface area contributed by atoms with E-state index in [2.05, 4.69) is 10.3 Å². The Morgan fingerprint density at radius 3 is 2.74 bits per heavy atom. The Balaban J connectivity index is 1.76. The molecule has 1 N–H and O–H groups in total. The zero-order chi connectivity index (χ0) is 16.7. The fraction of sp³-hybridized carbons (Fsp3) is 0.438. The number of hydrogen-bond donors (Lipinski definition) is 1. The van der Waals surface area contributed by atoms with E-state index in [-0.39, 0.29) is 11.8 Å². The van der Waals surface area contributed by atoms with Gasteiger partial charge in [-0.2, -0.15) is 0 Å². The molecule has 0 bridgehead atoms. The highest BCUT2D eigenvalue weighted by atomic mass is 32.1. The minimum absolute atomic E-state index is 0.0946. The summed E-state index contributed by atoms with van der Waals surface area (Å²) in [6.07, 6.45) is 2.82.